The molecule has 1 aliphatic heterocycles. The zero-order valence-electron chi connectivity index (χ0n) is 16.2. The van der Waals surface area contributed by atoms with Crippen LogP contribution in [0.3, 0.4) is 0 Å². The number of cyclic esters (lactones) is 1. The minimum atomic E-state index is -0.665. The molecule has 1 heterocycles. The van der Waals surface area contributed by atoms with Crippen molar-refractivity contribution < 1.29 is 19.0 Å². The predicted octanol–water partition coefficient (Wildman–Crippen LogP) is 4.81. The number of esters is 1. The van der Waals surface area contributed by atoms with E-state index in [9.17, 15) is 14.3 Å². The summed E-state index contributed by atoms with van der Waals surface area (Å²) in [5, 5.41) is 9.79. The largest absolute Gasteiger partial charge is 0.458 e. The molecule has 27 heavy (non-hydrogen) atoms. The van der Waals surface area contributed by atoms with E-state index in [-0.39, 0.29) is 18.2 Å². The van der Waals surface area contributed by atoms with Crippen LogP contribution < -0.4 is 0 Å². The Bertz CT molecular complexity index is 891. The van der Waals surface area contributed by atoms with Crippen molar-refractivity contribution in [3.8, 4) is 11.1 Å². The van der Waals surface area contributed by atoms with E-state index in [2.05, 4.69) is 12.1 Å². The lowest BCUT2D eigenvalue weighted by Gasteiger charge is -2.23. The lowest BCUT2D eigenvalue weighted by atomic mass is 9.91. The Morgan fingerprint density at radius 2 is 1.74 bits per heavy atom. The van der Waals surface area contributed by atoms with E-state index in [0.717, 1.165) is 27.8 Å². The number of carbonyl (C=O) groups excluding carboxylic acids is 1. The lowest BCUT2D eigenvalue weighted by molar-refractivity contribution is -0.156. The molecule has 1 N–H and O–H groups in total. The minimum absolute atomic E-state index is 0.0489. The molecule has 3 rings (SSSR count). The molecule has 0 bridgehead atoms. The molecule has 0 radical (unpaired) electrons. The molecule has 4 heteroatoms. The molecular weight excluding hydrogens is 343 g/mol. The van der Waals surface area contributed by atoms with Crippen LogP contribution in [0.1, 0.15) is 40.7 Å². The third-order valence-electron chi connectivity index (χ3n) is 4.95. The topological polar surface area (TPSA) is 46.5 Å². The summed E-state index contributed by atoms with van der Waals surface area (Å²) in [6, 6.07) is 7.89. The van der Waals surface area contributed by atoms with Crippen molar-refractivity contribution in [2.45, 2.75) is 52.7 Å². The first-order valence-corrected chi connectivity index (χ1v) is 9.18. The van der Waals surface area contributed by atoms with Gasteiger partial charge in [0.25, 0.3) is 0 Å². The van der Waals surface area contributed by atoms with E-state index >= 15 is 0 Å². The normalized spacial score (nSPS) is 20.1. The van der Waals surface area contributed by atoms with Crippen molar-refractivity contribution >= 4 is 12.0 Å². The maximum Gasteiger partial charge on any atom is 0.309 e. The van der Waals surface area contributed by atoms with Crippen LogP contribution in [0.2, 0.25) is 0 Å². The maximum absolute atomic E-state index is 14.1. The fourth-order valence-electron chi connectivity index (χ4n) is 3.67. The van der Waals surface area contributed by atoms with Gasteiger partial charge in [0, 0.05) is 6.42 Å². The van der Waals surface area contributed by atoms with Gasteiger partial charge in [-0.15, -0.1) is 0 Å². The number of aliphatic hydroxyl groups is 1. The van der Waals surface area contributed by atoms with Crippen molar-refractivity contribution in [3.05, 3.63) is 64.0 Å². The van der Waals surface area contributed by atoms with Gasteiger partial charge in [-0.3, -0.25) is 4.79 Å². The van der Waals surface area contributed by atoms with Crippen LogP contribution in [0.15, 0.2) is 30.3 Å². The van der Waals surface area contributed by atoms with Crippen molar-refractivity contribution in [3.63, 3.8) is 0 Å². The van der Waals surface area contributed by atoms with Gasteiger partial charge in [-0.2, -0.15) is 0 Å². The number of hydrogen-bond acceptors (Lipinski definition) is 3. The first-order valence-electron chi connectivity index (χ1n) is 9.18. The highest BCUT2D eigenvalue weighted by molar-refractivity contribution is 5.79. The lowest BCUT2D eigenvalue weighted by Crippen LogP contribution is -2.31. The number of aliphatic hydroxyl groups excluding tert-OH is 1. The smallest absolute Gasteiger partial charge is 0.309 e. The Kier molecular flexibility index (Phi) is 5.47. The highest BCUT2D eigenvalue weighted by Gasteiger charge is 2.25. The summed E-state index contributed by atoms with van der Waals surface area (Å²) in [6.45, 7) is 7.60. The van der Waals surface area contributed by atoms with Crippen molar-refractivity contribution in [2.24, 2.45) is 0 Å². The fourth-order valence-corrected chi connectivity index (χ4v) is 3.67. The van der Waals surface area contributed by atoms with Gasteiger partial charge in [0.15, 0.2) is 0 Å². The summed E-state index contributed by atoms with van der Waals surface area (Å²) in [4.78, 5) is 11.6. The molecule has 142 valence electrons. The SMILES string of the molecule is Cc1cc(C)c(/C=C/C2C[C@@H](O)CC(=O)O2)c(-c2cc(C)c(F)c(C)c2)c1. The second-order valence-corrected chi connectivity index (χ2v) is 7.45. The van der Waals surface area contributed by atoms with Crippen LogP contribution in [0.5, 0.6) is 0 Å². The number of hydrogen-bond donors (Lipinski definition) is 1. The first-order chi connectivity index (χ1) is 12.7. The Morgan fingerprint density at radius 1 is 1.07 bits per heavy atom. The molecule has 3 nitrogen and oxygen atoms in total. The van der Waals surface area contributed by atoms with Crippen LogP contribution in [0.4, 0.5) is 4.39 Å². The molecule has 1 saturated heterocycles. The van der Waals surface area contributed by atoms with Crippen LogP contribution in [0, 0.1) is 33.5 Å². The third kappa shape index (κ3) is 4.28. The first kappa shape index (κ1) is 19.3. The number of ether oxygens (including phenoxy) is 1. The zero-order valence-corrected chi connectivity index (χ0v) is 16.2. The van der Waals surface area contributed by atoms with Crippen LogP contribution >= 0.6 is 0 Å². The predicted molar refractivity (Wildman–Crippen MR) is 105 cm³/mol. The van der Waals surface area contributed by atoms with E-state index in [4.69, 9.17) is 4.74 Å². The van der Waals surface area contributed by atoms with E-state index in [1.54, 1.807) is 13.8 Å². The molecule has 1 unspecified atom stereocenters. The number of aryl methyl sites for hydroxylation is 4. The van der Waals surface area contributed by atoms with Crippen LogP contribution in [-0.4, -0.2) is 23.3 Å². The summed E-state index contributed by atoms with van der Waals surface area (Å²) in [6.07, 6.45) is 3.11. The number of halogens is 1. The van der Waals surface area contributed by atoms with Crippen molar-refractivity contribution in [2.75, 3.05) is 0 Å². The standard InChI is InChI=1S/C23H25FO3/c1-13-7-14(2)20(6-5-19-11-18(25)12-22(26)27-19)21(8-13)17-9-15(3)23(24)16(4)10-17/h5-10,18-19,25H,11-12H2,1-4H3/b6-5+/t18-,19?/m1/s1. The summed E-state index contributed by atoms with van der Waals surface area (Å²) in [7, 11) is 0. The number of benzene rings is 2. The highest BCUT2D eigenvalue weighted by Crippen LogP contribution is 2.32. The van der Waals surface area contributed by atoms with Crippen molar-refractivity contribution in [1.82, 2.24) is 0 Å². The van der Waals surface area contributed by atoms with Gasteiger partial charge >= 0.3 is 5.97 Å². The zero-order chi connectivity index (χ0) is 19.7. The van der Waals surface area contributed by atoms with Gasteiger partial charge in [-0.05, 0) is 79.3 Å². The molecule has 2 aromatic rings. The Morgan fingerprint density at radius 3 is 2.37 bits per heavy atom. The average Bonchev–Trinajstić information content (AvgIpc) is 2.57. The molecule has 2 aromatic carbocycles. The molecular formula is C23H25FO3. The second-order valence-electron chi connectivity index (χ2n) is 7.45. The van der Waals surface area contributed by atoms with E-state index in [1.165, 1.54) is 0 Å². The average molecular weight is 368 g/mol. The van der Waals surface area contributed by atoms with Gasteiger partial charge in [-0.1, -0.05) is 23.8 Å². The summed E-state index contributed by atoms with van der Waals surface area (Å²) in [5.41, 5.74) is 6.41. The van der Waals surface area contributed by atoms with Gasteiger partial charge in [0.2, 0.25) is 0 Å². The third-order valence-corrected chi connectivity index (χ3v) is 4.95. The molecule has 0 amide bonds. The van der Waals surface area contributed by atoms with Crippen LogP contribution in [0.25, 0.3) is 17.2 Å². The molecule has 0 aliphatic carbocycles. The van der Waals surface area contributed by atoms with E-state index < -0.39 is 12.2 Å². The van der Waals surface area contributed by atoms with Gasteiger partial charge in [-0.25, -0.2) is 4.39 Å². The minimum Gasteiger partial charge on any atom is -0.458 e. The Hall–Kier alpha value is -2.46. The Labute approximate surface area is 159 Å². The molecule has 1 aliphatic rings. The summed E-state index contributed by atoms with van der Waals surface area (Å²) >= 11 is 0. The summed E-state index contributed by atoms with van der Waals surface area (Å²) in [5.74, 6) is -0.558. The molecule has 1 fully saturated rings. The molecule has 0 saturated carbocycles. The maximum atomic E-state index is 14.1. The molecule has 0 aromatic heterocycles. The van der Waals surface area contributed by atoms with Crippen LogP contribution in [-0.2, 0) is 9.53 Å². The van der Waals surface area contributed by atoms with Crippen molar-refractivity contribution in [1.29, 1.82) is 0 Å². The highest BCUT2D eigenvalue weighted by atomic mass is 19.1. The van der Waals surface area contributed by atoms with Gasteiger partial charge in [0.05, 0.1) is 12.5 Å². The van der Waals surface area contributed by atoms with E-state index in [0.29, 0.717) is 17.5 Å². The molecule has 2 atom stereocenters. The quantitative estimate of drug-likeness (QED) is 0.791. The second kappa shape index (κ2) is 7.65. The Balaban J connectivity index is 2.03. The molecule has 0 spiro atoms. The summed E-state index contributed by atoms with van der Waals surface area (Å²) < 4.78 is 19.4. The number of carbonyl (C=O) groups is 1. The van der Waals surface area contributed by atoms with Gasteiger partial charge < -0.3 is 9.84 Å². The fraction of sp³-hybridized carbons (Fsp3) is 0.348. The monoisotopic (exact) mass is 368 g/mol. The number of rotatable bonds is 3. The van der Waals surface area contributed by atoms with E-state index in [1.807, 2.05) is 38.1 Å². The van der Waals surface area contributed by atoms with Gasteiger partial charge in [0.1, 0.15) is 11.9 Å².